The predicted molar refractivity (Wildman–Crippen MR) is 89.3 cm³/mol. The normalized spacial score (nSPS) is 24.2. The molecule has 2 heterocycles. The SMILES string of the molecule is CCCNCc1cc(CN2CCC(C)CC2C)c(C)s1. The van der Waals surface area contributed by atoms with Gasteiger partial charge in [-0.3, -0.25) is 4.90 Å². The summed E-state index contributed by atoms with van der Waals surface area (Å²) in [4.78, 5) is 5.66. The van der Waals surface area contributed by atoms with Crippen molar-refractivity contribution in [3.63, 3.8) is 0 Å². The minimum Gasteiger partial charge on any atom is -0.312 e. The molecule has 1 fully saturated rings. The van der Waals surface area contributed by atoms with Crippen LogP contribution in [-0.4, -0.2) is 24.0 Å². The summed E-state index contributed by atoms with van der Waals surface area (Å²) >= 11 is 1.97. The molecule has 1 N–H and O–H groups in total. The zero-order valence-corrected chi connectivity index (χ0v) is 14.4. The Kier molecular flexibility index (Phi) is 6.06. The molecule has 1 aliphatic heterocycles. The summed E-state index contributed by atoms with van der Waals surface area (Å²) in [6, 6.07) is 3.16. The molecule has 114 valence electrons. The van der Waals surface area contributed by atoms with Gasteiger partial charge in [0, 0.05) is 28.9 Å². The Morgan fingerprint density at radius 2 is 2.20 bits per heavy atom. The van der Waals surface area contributed by atoms with Crippen molar-refractivity contribution in [2.45, 2.75) is 66.1 Å². The van der Waals surface area contributed by atoms with Crippen molar-refractivity contribution >= 4 is 11.3 Å². The number of nitrogens with one attached hydrogen (secondary N) is 1. The number of hydrogen-bond donors (Lipinski definition) is 1. The minimum absolute atomic E-state index is 0.736. The molecule has 0 spiro atoms. The highest BCUT2D eigenvalue weighted by molar-refractivity contribution is 7.12. The fraction of sp³-hybridized carbons (Fsp3) is 0.765. The van der Waals surface area contributed by atoms with E-state index in [2.05, 4.69) is 44.0 Å². The topological polar surface area (TPSA) is 15.3 Å². The summed E-state index contributed by atoms with van der Waals surface area (Å²) in [6.45, 7) is 13.8. The van der Waals surface area contributed by atoms with E-state index < -0.39 is 0 Å². The average molecular weight is 295 g/mol. The molecule has 20 heavy (non-hydrogen) atoms. The van der Waals surface area contributed by atoms with Gasteiger partial charge in [0.1, 0.15) is 0 Å². The molecule has 2 rings (SSSR count). The van der Waals surface area contributed by atoms with Crippen LogP contribution in [0, 0.1) is 12.8 Å². The Bertz CT molecular complexity index is 413. The van der Waals surface area contributed by atoms with Crippen LogP contribution in [0.15, 0.2) is 6.07 Å². The minimum atomic E-state index is 0.736. The summed E-state index contributed by atoms with van der Waals surface area (Å²) < 4.78 is 0. The molecule has 2 atom stereocenters. The Morgan fingerprint density at radius 3 is 2.90 bits per heavy atom. The molecular weight excluding hydrogens is 264 g/mol. The molecule has 3 heteroatoms. The van der Waals surface area contributed by atoms with Crippen LogP contribution in [0.4, 0.5) is 0 Å². The summed E-state index contributed by atoms with van der Waals surface area (Å²) in [6.07, 6.45) is 3.92. The third-order valence-corrected chi connectivity index (χ3v) is 5.54. The van der Waals surface area contributed by atoms with Crippen molar-refractivity contribution in [3.05, 3.63) is 21.4 Å². The standard InChI is InChI=1S/C17H30N2S/c1-5-7-18-11-17-10-16(15(4)20-17)12-19-8-6-13(2)9-14(19)3/h10,13-14,18H,5-9,11-12H2,1-4H3. The smallest absolute Gasteiger partial charge is 0.0299 e. The van der Waals surface area contributed by atoms with Crippen LogP contribution in [0.3, 0.4) is 0 Å². The summed E-state index contributed by atoms with van der Waals surface area (Å²) in [5.41, 5.74) is 1.55. The lowest BCUT2D eigenvalue weighted by molar-refractivity contribution is 0.122. The van der Waals surface area contributed by atoms with Gasteiger partial charge in [-0.15, -0.1) is 11.3 Å². The molecule has 1 aromatic heterocycles. The monoisotopic (exact) mass is 294 g/mol. The number of hydrogen-bond acceptors (Lipinski definition) is 3. The van der Waals surface area contributed by atoms with Gasteiger partial charge in [0.15, 0.2) is 0 Å². The maximum Gasteiger partial charge on any atom is 0.0299 e. The molecular formula is C17H30N2S. The van der Waals surface area contributed by atoms with Crippen LogP contribution in [-0.2, 0) is 13.1 Å². The second kappa shape index (κ2) is 7.58. The predicted octanol–water partition coefficient (Wildman–Crippen LogP) is 4.18. The van der Waals surface area contributed by atoms with E-state index in [-0.39, 0.29) is 0 Å². The van der Waals surface area contributed by atoms with Crippen molar-refractivity contribution < 1.29 is 0 Å². The average Bonchev–Trinajstić information content (AvgIpc) is 2.74. The van der Waals surface area contributed by atoms with Crippen LogP contribution in [0.1, 0.15) is 55.4 Å². The second-order valence-corrected chi connectivity index (χ2v) is 7.76. The molecule has 2 nitrogen and oxygen atoms in total. The first-order chi connectivity index (χ1) is 9.60. The van der Waals surface area contributed by atoms with E-state index in [1.165, 1.54) is 35.6 Å². The van der Waals surface area contributed by atoms with Gasteiger partial charge in [-0.1, -0.05) is 13.8 Å². The molecule has 0 aromatic carbocycles. The largest absolute Gasteiger partial charge is 0.312 e. The van der Waals surface area contributed by atoms with Crippen molar-refractivity contribution in [1.29, 1.82) is 0 Å². The Hall–Kier alpha value is -0.380. The number of rotatable bonds is 6. The highest BCUT2D eigenvalue weighted by atomic mass is 32.1. The van der Waals surface area contributed by atoms with Crippen molar-refractivity contribution in [3.8, 4) is 0 Å². The second-order valence-electron chi connectivity index (χ2n) is 6.42. The highest BCUT2D eigenvalue weighted by Gasteiger charge is 2.23. The van der Waals surface area contributed by atoms with Gasteiger partial charge in [0.2, 0.25) is 0 Å². The van der Waals surface area contributed by atoms with Crippen LogP contribution in [0.2, 0.25) is 0 Å². The molecule has 0 bridgehead atoms. The Balaban J connectivity index is 1.92. The molecule has 1 aromatic rings. The first-order valence-corrected chi connectivity index (χ1v) is 8.94. The first-order valence-electron chi connectivity index (χ1n) is 8.13. The van der Waals surface area contributed by atoms with Gasteiger partial charge < -0.3 is 5.32 Å². The van der Waals surface area contributed by atoms with Gasteiger partial charge in [-0.05, 0) is 63.7 Å². The van der Waals surface area contributed by atoms with Crippen LogP contribution in [0.5, 0.6) is 0 Å². The maximum absolute atomic E-state index is 3.51. The summed E-state index contributed by atoms with van der Waals surface area (Å²) in [7, 11) is 0. The zero-order valence-electron chi connectivity index (χ0n) is 13.5. The Labute approximate surface area is 128 Å². The molecule has 0 saturated carbocycles. The third kappa shape index (κ3) is 4.31. The van der Waals surface area contributed by atoms with E-state index in [4.69, 9.17) is 0 Å². The fourth-order valence-corrected chi connectivity index (χ4v) is 4.15. The number of likely N-dealkylation sites (tertiary alicyclic amines) is 1. The number of thiophene rings is 1. The van der Waals surface area contributed by atoms with Crippen LogP contribution < -0.4 is 5.32 Å². The van der Waals surface area contributed by atoms with Gasteiger partial charge >= 0.3 is 0 Å². The van der Waals surface area contributed by atoms with Crippen LogP contribution in [0.25, 0.3) is 0 Å². The molecule has 1 saturated heterocycles. The number of aryl methyl sites for hydroxylation is 1. The first kappa shape index (κ1) is 16.0. The van der Waals surface area contributed by atoms with Gasteiger partial charge in [-0.25, -0.2) is 0 Å². The molecule has 0 radical (unpaired) electrons. The maximum atomic E-state index is 3.51. The van der Waals surface area contributed by atoms with Gasteiger partial charge in [-0.2, -0.15) is 0 Å². The van der Waals surface area contributed by atoms with Gasteiger partial charge in [0.25, 0.3) is 0 Å². The molecule has 1 aliphatic rings. The van der Waals surface area contributed by atoms with Crippen molar-refractivity contribution in [1.82, 2.24) is 10.2 Å². The Morgan fingerprint density at radius 1 is 1.40 bits per heavy atom. The van der Waals surface area contributed by atoms with E-state index in [1.54, 1.807) is 5.56 Å². The highest BCUT2D eigenvalue weighted by Crippen LogP contribution is 2.27. The van der Waals surface area contributed by atoms with Gasteiger partial charge in [0.05, 0.1) is 0 Å². The van der Waals surface area contributed by atoms with E-state index in [0.717, 1.165) is 31.6 Å². The van der Waals surface area contributed by atoms with E-state index >= 15 is 0 Å². The lowest BCUT2D eigenvalue weighted by Crippen LogP contribution is -2.39. The quantitative estimate of drug-likeness (QED) is 0.792. The van der Waals surface area contributed by atoms with E-state index in [0.29, 0.717) is 0 Å². The molecule has 0 amide bonds. The summed E-state index contributed by atoms with van der Waals surface area (Å²) in [5.74, 6) is 0.902. The number of nitrogens with zero attached hydrogens (tertiary/aromatic N) is 1. The lowest BCUT2D eigenvalue weighted by Gasteiger charge is -2.36. The van der Waals surface area contributed by atoms with Crippen molar-refractivity contribution in [2.75, 3.05) is 13.1 Å². The third-order valence-electron chi connectivity index (χ3n) is 4.45. The summed E-state index contributed by atoms with van der Waals surface area (Å²) in [5, 5.41) is 3.51. The number of piperidine rings is 1. The molecule has 0 aliphatic carbocycles. The zero-order chi connectivity index (χ0) is 14.5. The van der Waals surface area contributed by atoms with Crippen molar-refractivity contribution in [2.24, 2.45) is 5.92 Å². The lowest BCUT2D eigenvalue weighted by atomic mass is 9.93. The van der Waals surface area contributed by atoms with E-state index in [9.17, 15) is 0 Å². The fourth-order valence-electron chi connectivity index (χ4n) is 3.13. The van der Waals surface area contributed by atoms with E-state index in [1.807, 2.05) is 11.3 Å². The van der Waals surface area contributed by atoms with Crippen LogP contribution >= 0.6 is 11.3 Å². The molecule has 2 unspecified atom stereocenters.